The predicted molar refractivity (Wildman–Crippen MR) is 364 cm³/mol. The summed E-state index contributed by atoms with van der Waals surface area (Å²) in [5, 5.41) is 17.6. The summed E-state index contributed by atoms with van der Waals surface area (Å²) in [7, 11) is 0. The van der Waals surface area contributed by atoms with E-state index in [1.165, 1.54) is 164 Å². The van der Waals surface area contributed by atoms with Gasteiger partial charge in [0.2, 0.25) is 0 Å². The van der Waals surface area contributed by atoms with Gasteiger partial charge in [0, 0.05) is 16.2 Å². The van der Waals surface area contributed by atoms with E-state index >= 15 is 0 Å². The number of rotatable bonds is 8. The summed E-state index contributed by atoms with van der Waals surface area (Å²) in [5.41, 5.74) is 20.4. The highest BCUT2D eigenvalue weighted by molar-refractivity contribution is 6.17. The molecule has 0 spiro atoms. The molecule has 0 N–H and O–H groups in total. The minimum absolute atomic E-state index is 1.16. The van der Waals surface area contributed by atoms with Crippen LogP contribution in [0.3, 0.4) is 0 Å². The molecule has 0 aliphatic carbocycles. The fourth-order valence-electron chi connectivity index (χ4n) is 13.8. The standard InChI is InChI=1S/C84H53N/c1-4-18-67-60(14-1)17-13-27-72(67)76-46-49-82(77-26-12-11-23-73(76)77)85-83-47-44-63(58-32-28-54(29-33-58)56-36-40-61(41-37-56)78-52-65-15-2-5-19-68(65)70-21-7-9-24-74(70)78)50-80(83)81-51-64(45-48-84(81)85)59-34-30-55(31-35-59)57-38-42-62(43-39-57)79-53-66-16-3-6-20-69(66)71-22-8-10-25-75(71)79/h1-53H. The topological polar surface area (TPSA) is 4.93 Å². The number of benzene rings is 16. The van der Waals surface area contributed by atoms with Crippen LogP contribution in [0.25, 0.3) is 170 Å². The van der Waals surface area contributed by atoms with Gasteiger partial charge in [-0.1, -0.05) is 279 Å². The van der Waals surface area contributed by atoms with Crippen molar-refractivity contribution >= 4 is 86.4 Å². The van der Waals surface area contributed by atoms with Gasteiger partial charge in [0.1, 0.15) is 0 Å². The normalized spacial score (nSPS) is 11.8. The molecular weight excluding hydrogens is 1020 g/mol. The predicted octanol–water partition coefficient (Wildman–Crippen LogP) is 23.4. The first-order chi connectivity index (χ1) is 42.1. The molecule has 1 heterocycles. The third-order valence-electron chi connectivity index (χ3n) is 18.0. The van der Waals surface area contributed by atoms with Crippen molar-refractivity contribution in [2.45, 2.75) is 0 Å². The fraction of sp³-hybridized carbons (Fsp3) is 0. The van der Waals surface area contributed by atoms with Gasteiger partial charge in [-0.15, -0.1) is 0 Å². The molecule has 0 aliphatic heterocycles. The molecule has 16 aromatic carbocycles. The Labute approximate surface area is 493 Å². The van der Waals surface area contributed by atoms with E-state index < -0.39 is 0 Å². The Morgan fingerprint density at radius 1 is 0.153 bits per heavy atom. The average molecular weight is 1080 g/mol. The van der Waals surface area contributed by atoms with Gasteiger partial charge < -0.3 is 4.57 Å². The molecule has 1 nitrogen and oxygen atoms in total. The van der Waals surface area contributed by atoms with Crippen LogP contribution in [0, 0.1) is 0 Å². The quantitative estimate of drug-likeness (QED) is 0.134. The van der Waals surface area contributed by atoms with Crippen molar-refractivity contribution in [1.82, 2.24) is 4.57 Å². The molecule has 0 amide bonds. The maximum atomic E-state index is 2.49. The molecule has 85 heavy (non-hydrogen) atoms. The van der Waals surface area contributed by atoms with E-state index in [4.69, 9.17) is 0 Å². The molecule has 0 atom stereocenters. The van der Waals surface area contributed by atoms with Gasteiger partial charge in [0.25, 0.3) is 0 Å². The third-order valence-corrected chi connectivity index (χ3v) is 18.0. The minimum atomic E-state index is 1.16. The largest absolute Gasteiger partial charge is 0.309 e. The van der Waals surface area contributed by atoms with E-state index in [1.54, 1.807) is 0 Å². The molecule has 0 aliphatic rings. The highest BCUT2D eigenvalue weighted by Gasteiger charge is 2.20. The third kappa shape index (κ3) is 8.16. The highest BCUT2D eigenvalue weighted by Crippen LogP contribution is 2.44. The van der Waals surface area contributed by atoms with Crippen LogP contribution in [-0.4, -0.2) is 4.57 Å². The molecule has 0 bridgehead atoms. The zero-order chi connectivity index (χ0) is 56.0. The summed E-state index contributed by atoms with van der Waals surface area (Å²) in [5.74, 6) is 0. The molecule has 0 saturated carbocycles. The van der Waals surface area contributed by atoms with E-state index in [-0.39, 0.29) is 0 Å². The molecule has 17 rings (SSSR count). The van der Waals surface area contributed by atoms with Gasteiger partial charge in [-0.2, -0.15) is 0 Å². The van der Waals surface area contributed by atoms with Crippen LogP contribution in [0.5, 0.6) is 0 Å². The van der Waals surface area contributed by atoms with Crippen LogP contribution in [-0.2, 0) is 0 Å². The van der Waals surface area contributed by atoms with Crippen LogP contribution in [0.4, 0.5) is 0 Å². The van der Waals surface area contributed by atoms with Gasteiger partial charge >= 0.3 is 0 Å². The summed E-state index contributed by atoms with van der Waals surface area (Å²) in [4.78, 5) is 0. The van der Waals surface area contributed by atoms with Gasteiger partial charge in [-0.05, 0) is 180 Å². The number of hydrogen-bond donors (Lipinski definition) is 0. The van der Waals surface area contributed by atoms with Gasteiger partial charge in [-0.25, -0.2) is 0 Å². The van der Waals surface area contributed by atoms with Crippen LogP contribution in [0.2, 0.25) is 0 Å². The Balaban J connectivity index is 0.742. The van der Waals surface area contributed by atoms with Crippen molar-refractivity contribution in [3.05, 3.63) is 322 Å². The Bertz CT molecular complexity index is 5220. The van der Waals surface area contributed by atoms with Crippen molar-refractivity contribution in [2.75, 3.05) is 0 Å². The second-order valence-electron chi connectivity index (χ2n) is 22.7. The maximum Gasteiger partial charge on any atom is 0.0541 e. The first-order valence-electron chi connectivity index (χ1n) is 29.5. The summed E-state index contributed by atoms with van der Waals surface area (Å²) in [6.45, 7) is 0. The van der Waals surface area contributed by atoms with Crippen molar-refractivity contribution in [1.29, 1.82) is 0 Å². The smallest absolute Gasteiger partial charge is 0.0541 e. The van der Waals surface area contributed by atoms with Crippen molar-refractivity contribution in [3.63, 3.8) is 0 Å². The van der Waals surface area contributed by atoms with E-state index in [2.05, 4.69) is 326 Å². The maximum absolute atomic E-state index is 2.49. The fourth-order valence-corrected chi connectivity index (χ4v) is 13.8. The van der Waals surface area contributed by atoms with E-state index in [1.807, 2.05) is 0 Å². The summed E-state index contributed by atoms with van der Waals surface area (Å²) in [6.07, 6.45) is 0. The lowest BCUT2D eigenvalue weighted by atomic mass is 9.92. The lowest BCUT2D eigenvalue weighted by molar-refractivity contribution is 1.20. The minimum Gasteiger partial charge on any atom is -0.309 e. The summed E-state index contributed by atoms with van der Waals surface area (Å²) in [6, 6.07) is 119. The molecule has 394 valence electrons. The molecule has 0 radical (unpaired) electrons. The van der Waals surface area contributed by atoms with Crippen molar-refractivity contribution in [2.24, 2.45) is 0 Å². The lowest BCUT2D eigenvalue weighted by Gasteiger charge is -2.16. The van der Waals surface area contributed by atoms with E-state index in [9.17, 15) is 0 Å². The zero-order valence-electron chi connectivity index (χ0n) is 46.5. The van der Waals surface area contributed by atoms with Gasteiger partial charge in [0.05, 0.1) is 16.7 Å². The number of aromatic nitrogens is 1. The number of hydrogen-bond acceptors (Lipinski definition) is 0. The number of nitrogens with zero attached hydrogens (tertiary/aromatic N) is 1. The summed E-state index contributed by atoms with van der Waals surface area (Å²) < 4.78 is 2.49. The van der Waals surface area contributed by atoms with Crippen LogP contribution < -0.4 is 0 Å². The zero-order valence-corrected chi connectivity index (χ0v) is 46.5. The SMILES string of the molecule is c1ccc2c(-c3ccc(-n4c5ccc(-c6ccc(-c7ccc(-c8cc9ccccc9c9ccccc89)cc7)cc6)cc5c5cc(-c6ccc(-c7ccc(-c8cc9ccccc9c9ccccc89)cc7)cc6)ccc54)c4ccccc34)cccc2c1. The molecule has 0 unspecified atom stereocenters. The van der Waals surface area contributed by atoms with Gasteiger partial charge in [0.15, 0.2) is 0 Å². The Morgan fingerprint density at radius 3 is 0.929 bits per heavy atom. The highest BCUT2D eigenvalue weighted by atomic mass is 15.0. The molecule has 0 saturated heterocycles. The van der Waals surface area contributed by atoms with Crippen molar-refractivity contribution in [3.8, 4) is 83.6 Å². The average Bonchev–Trinajstić information content (AvgIpc) is 2.32. The monoisotopic (exact) mass is 1080 g/mol. The van der Waals surface area contributed by atoms with E-state index in [0.29, 0.717) is 0 Å². The van der Waals surface area contributed by atoms with E-state index in [0.717, 1.165) is 5.69 Å². The van der Waals surface area contributed by atoms with Crippen molar-refractivity contribution < 1.29 is 0 Å². The van der Waals surface area contributed by atoms with Crippen LogP contribution in [0.15, 0.2) is 322 Å². The van der Waals surface area contributed by atoms with Gasteiger partial charge in [-0.3, -0.25) is 0 Å². The second kappa shape index (κ2) is 19.8. The van der Waals surface area contributed by atoms with Crippen LogP contribution >= 0.6 is 0 Å². The Kier molecular flexibility index (Phi) is 11.3. The second-order valence-corrected chi connectivity index (χ2v) is 22.7. The molecule has 17 aromatic rings. The number of fused-ring (bicyclic) bond motifs is 11. The Hall–Kier alpha value is -11.1. The molecule has 1 heteroatoms. The first-order valence-corrected chi connectivity index (χ1v) is 29.5. The molecular formula is C84H53N. The first kappa shape index (κ1) is 48.6. The molecule has 0 fully saturated rings. The Morgan fingerprint density at radius 2 is 0.471 bits per heavy atom. The van der Waals surface area contributed by atoms with Crippen LogP contribution in [0.1, 0.15) is 0 Å². The molecule has 1 aromatic heterocycles. The summed E-state index contributed by atoms with van der Waals surface area (Å²) >= 11 is 0. The lowest BCUT2D eigenvalue weighted by Crippen LogP contribution is -1.96.